The van der Waals surface area contributed by atoms with E-state index in [0.717, 1.165) is 33.8 Å². The highest BCUT2D eigenvalue weighted by Gasteiger charge is 2.40. The number of rotatable bonds is 6. The maximum absolute atomic E-state index is 6.49. The molecule has 3 nitrogen and oxygen atoms in total. The standard InChI is InChI=1S/C20H30O3Si2/c1-15-11-9-12-16(2)19(15)21-24(5,6)23-25(7,8)22-20-17(3)13-10-14-18(20)4/h9-14H,1-8H3. The van der Waals surface area contributed by atoms with Crippen LogP contribution in [0.25, 0.3) is 0 Å². The van der Waals surface area contributed by atoms with Gasteiger partial charge in [0.2, 0.25) is 0 Å². The lowest BCUT2D eigenvalue weighted by Gasteiger charge is -2.34. The topological polar surface area (TPSA) is 27.7 Å². The minimum Gasteiger partial charge on any atom is -0.520 e. The summed E-state index contributed by atoms with van der Waals surface area (Å²) in [6, 6.07) is 12.4. The summed E-state index contributed by atoms with van der Waals surface area (Å²) in [5.74, 6) is 1.88. The summed E-state index contributed by atoms with van der Waals surface area (Å²) in [6.45, 7) is 16.6. The second-order valence-electron chi connectivity index (χ2n) is 7.55. The van der Waals surface area contributed by atoms with Crippen LogP contribution in [0.15, 0.2) is 36.4 Å². The number of benzene rings is 2. The Morgan fingerprint density at radius 2 is 0.840 bits per heavy atom. The smallest absolute Gasteiger partial charge is 0.384 e. The molecule has 0 aromatic heterocycles. The zero-order valence-electron chi connectivity index (χ0n) is 16.7. The molecule has 5 heteroatoms. The largest absolute Gasteiger partial charge is 0.520 e. The normalized spacial score (nSPS) is 12.2. The summed E-state index contributed by atoms with van der Waals surface area (Å²) in [7, 11) is -4.79. The van der Waals surface area contributed by atoms with Gasteiger partial charge in [-0.05, 0) is 76.1 Å². The molecule has 0 N–H and O–H groups in total. The van der Waals surface area contributed by atoms with Crippen LogP contribution in [0.3, 0.4) is 0 Å². The summed E-state index contributed by atoms with van der Waals surface area (Å²) in [5, 5.41) is 0. The highest BCUT2D eigenvalue weighted by Crippen LogP contribution is 2.30. The van der Waals surface area contributed by atoms with E-state index in [1.54, 1.807) is 0 Å². The van der Waals surface area contributed by atoms with E-state index in [9.17, 15) is 0 Å². The molecule has 136 valence electrons. The van der Waals surface area contributed by atoms with Crippen molar-refractivity contribution in [3.05, 3.63) is 58.7 Å². The Morgan fingerprint density at radius 3 is 1.12 bits per heavy atom. The van der Waals surface area contributed by atoms with Gasteiger partial charge in [-0.1, -0.05) is 36.4 Å². The molecule has 0 atom stereocenters. The van der Waals surface area contributed by atoms with Crippen LogP contribution in [0, 0.1) is 27.7 Å². The molecular formula is C20H30O3Si2. The van der Waals surface area contributed by atoms with Crippen LogP contribution in [0.2, 0.25) is 26.2 Å². The van der Waals surface area contributed by atoms with Gasteiger partial charge in [-0.3, -0.25) is 0 Å². The van der Waals surface area contributed by atoms with Crippen LogP contribution in [-0.2, 0) is 4.12 Å². The van der Waals surface area contributed by atoms with Crippen molar-refractivity contribution in [1.29, 1.82) is 0 Å². The van der Waals surface area contributed by atoms with Crippen LogP contribution in [-0.4, -0.2) is 17.1 Å². The summed E-state index contributed by atoms with van der Waals surface area (Å²) in [5.41, 5.74) is 4.55. The number of hydrogen-bond donors (Lipinski definition) is 0. The monoisotopic (exact) mass is 374 g/mol. The Labute approximate surface area is 154 Å². The molecule has 2 aromatic carbocycles. The Balaban J connectivity index is 2.18. The molecule has 0 bridgehead atoms. The average Bonchev–Trinajstić information content (AvgIpc) is 2.46. The van der Waals surface area contributed by atoms with Crippen LogP contribution in [0.1, 0.15) is 22.3 Å². The van der Waals surface area contributed by atoms with Crippen molar-refractivity contribution in [3.8, 4) is 11.5 Å². The van der Waals surface area contributed by atoms with Gasteiger partial charge in [-0.15, -0.1) is 0 Å². The highest BCUT2D eigenvalue weighted by atomic mass is 28.5. The molecule has 0 saturated carbocycles. The van der Waals surface area contributed by atoms with Gasteiger partial charge < -0.3 is 13.0 Å². The van der Waals surface area contributed by atoms with E-state index in [2.05, 4.69) is 90.3 Å². The Kier molecular flexibility index (Phi) is 5.81. The van der Waals surface area contributed by atoms with E-state index in [1.807, 2.05) is 0 Å². The van der Waals surface area contributed by atoms with Crippen molar-refractivity contribution in [2.24, 2.45) is 0 Å². The lowest BCUT2D eigenvalue weighted by Crippen LogP contribution is -2.52. The fourth-order valence-electron chi connectivity index (χ4n) is 3.05. The predicted molar refractivity (Wildman–Crippen MR) is 109 cm³/mol. The van der Waals surface area contributed by atoms with Crippen molar-refractivity contribution in [2.45, 2.75) is 53.9 Å². The van der Waals surface area contributed by atoms with Crippen molar-refractivity contribution >= 4 is 17.1 Å². The first-order valence-electron chi connectivity index (χ1n) is 8.71. The summed E-state index contributed by atoms with van der Waals surface area (Å²) >= 11 is 0. The average molecular weight is 375 g/mol. The molecule has 0 heterocycles. The molecule has 0 fully saturated rings. The number of para-hydroxylation sites is 2. The van der Waals surface area contributed by atoms with Gasteiger partial charge in [0.05, 0.1) is 0 Å². The van der Waals surface area contributed by atoms with E-state index in [0.29, 0.717) is 0 Å². The van der Waals surface area contributed by atoms with Gasteiger partial charge in [-0.25, -0.2) is 0 Å². The van der Waals surface area contributed by atoms with Gasteiger partial charge >= 0.3 is 17.1 Å². The first kappa shape index (κ1) is 19.8. The van der Waals surface area contributed by atoms with Crippen LogP contribution < -0.4 is 8.85 Å². The van der Waals surface area contributed by atoms with Crippen LogP contribution in [0.4, 0.5) is 0 Å². The van der Waals surface area contributed by atoms with E-state index < -0.39 is 17.1 Å². The van der Waals surface area contributed by atoms with Gasteiger partial charge in [-0.2, -0.15) is 0 Å². The van der Waals surface area contributed by atoms with E-state index in [1.165, 1.54) is 0 Å². The van der Waals surface area contributed by atoms with Crippen molar-refractivity contribution < 1.29 is 13.0 Å². The molecule has 0 saturated heterocycles. The highest BCUT2D eigenvalue weighted by molar-refractivity contribution is 6.79. The fraction of sp³-hybridized carbons (Fsp3) is 0.400. The molecule has 0 radical (unpaired) electrons. The second kappa shape index (κ2) is 7.35. The third-order valence-corrected chi connectivity index (χ3v) is 9.33. The summed E-state index contributed by atoms with van der Waals surface area (Å²) in [6.07, 6.45) is 0. The van der Waals surface area contributed by atoms with Crippen LogP contribution >= 0.6 is 0 Å². The minimum atomic E-state index is -2.39. The fourth-order valence-corrected chi connectivity index (χ4v) is 9.74. The van der Waals surface area contributed by atoms with Crippen molar-refractivity contribution in [2.75, 3.05) is 0 Å². The van der Waals surface area contributed by atoms with Crippen molar-refractivity contribution in [3.63, 3.8) is 0 Å². The molecule has 0 aliphatic rings. The van der Waals surface area contributed by atoms with Gasteiger partial charge in [0, 0.05) is 0 Å². The second-order valence-corrected chi connectivity index (χ2v) is 14.4. The van der Waals surface area contributed by atoms with Gasteiger partial charge in [0.15, 0.2) is 0 Å². The SMILES string of the molecule is Cc1cccc(C)c1O[Si](C)(C)O[Si](C)(C)Oc1c(C)cccc1C. The maximum Gasteiger partial charge on any atom is 0.384 e. The predicted octanol–water partition coefficient (Wildman–Crippen LogP) is 5.80. The summed E-state index contributed by atoms with van der Waals surface area (Å²) in [4.78, 5) is 0. The molecule has 0 spiro atoms. The minimum absolute atomic E-state index is 0.941. The molecule has 0 amide bonds. The molecule has 0 aliphatic heterocycles. The Hall–Kier alpha value is -1.57. The lowest BCUT2D eigenvalue weighted by molar-refractivity contribution is 0.331. The Morgan fingerprint density at radius 1 is 0.560 bits per heavy atom. The first-order valence-corrected chi connectivity index (χ1v) is 14.3. The number of aryl methyl sites for hydroxylation is 4. The maximum atomic E-state index is 6.49. The van der Waals surface area contributed by atoms with E-state index in [4.69, 9.17) is 13.0 Å². The molecular weight excluding hydrogens is 344 g/mol. The third-order valence-electron chi connectivity index (χ3n) is 4.00. The van der Waals surface area contributed by atoms with E-state index >= 15 is 0 Å². The first-order chi connectivity index (χ1) is 11.5. The number of hydrogen-bond acceptors (Lipinski definition) is 3. The lowest BCUT2D eigenvalue weighted by atomic mass is 10.1. The zero-order chi connectivity index (χ0) is 18.8. The van der Waals surface area contributed by atoms with Crippen molar-refractivity contribution in [1.82, 2.24) is 0 Å². The van der Waals surface area contributed by atoms with Gasteiger partial charge in [0.1, 0.15) is 11.5 Å². The van der Waals surface area contributed by atoms with E-state index in [-0.39, 0.29) is 0 Å². The molecule has 2 rings (SSSR count). The van der Waals surface area contributed by atoms with Crippen LogP contribution in [0.5, 0.6) is 11.5 Å². The molecule has 0 aliphatic carbocycles. The molecule has 2 aromatic rings. The Bertz CT molecular complexity index is 651. The molecule has 25 heavy (non-hydrogen) atoms. The zero-order valence-corrected chi connectivity index (χ0v) is 18.7. The summed E-state index contributed by atoms with van der Waals surface area (Å²) < 4.78 is 19.2. The quantitative estimate of drug-likeness (QED) is 0.598. The third kappa shape index (κ3) is 5.20. The molecule has 0 unspecified atom stereocenters. The van der Waals surface area contributed by atoms with Gasteiger partial charge in [0.25, 0.3) is 0 Å².